The first kappa shape index (κ1) is 14.3. The largest absolute Gasteiger partial charge is 0.437 e. The Hall–Kier alpha value is -3.28. The Kier molecular flexibility index (Phi) is 3.42. The van der Waals surface area contributed by atoms with Crippen LogP contribution in [0.3, 0.4) is 0 Å². The lowest BCUT2D eigenvalue weighted by Gasteiger charge is -2.11. The molecule has 2 aromatic carbocycles. The Morgan fingerprint density at radius 3 is 2.62 bits per heavy atom. The van der Waals surface area contributed by atoms with Crippen molar-refractivity contribution in [1.82, 2.24) is 19.8 Å². The Labute approximate surface area is 137 Å². The quantitative estimate of drug-likeness (QED) is 0.572. The number of fused-ring (bicyclic) bond motifs is 1. The van der Waals surface area contributed by atoms with Crippen molar-refractivity contribution < 1.29 is 9.13 Å². The van der Waals surface area contributed by atoms with Crippen LogP contribution in [0.2, 0.25) is 0 Å². The lowest BCUT2D eigenvalue weighted by atomic mass is 10.0. The topological polar surface area (TPSA) is 52.3 Å². The summed E-state index contributed by atoms with van der Waals surface area (Å²) < 4.78 is 21.1. The third-order valence-electron chi connectivity index (χ3n) is 3.64. The highest BCUT2D eigenvalue weighted by atomic mass is 19.1. The molecule has 0 aliphatic rings. The van der Waals surface area contributed by atoms with Crippen LogP contribution in [0, 0.1) is 12.7 Å². The van der Waals surface area contributed by atoms with E-state index < -0.39 is 0 Å². The van der Waals surface area contributed by atoms with Crippen molar-refractivity contribution in [3.05, 3.63) is 72.3 Å². The molecule has 0 bridgehead atoms. The average Bonchev–Trinajstić information content (AvgIpc) is 2.97. The first-order valence-corrected chi connectivity index (χ1v) is 7.42. The number of ether oxygens (including phenoxy) is 1. The second-order valence-electron chi connectivity index (χ2n) is 5.30. The van der Waals surface area contributed by atoms with Gasteiger partial charge in [-0.2, -0.15) is 4.52 Å². The van der Waals surface area contributed by atoms with E-state index in [1.165, 1.54) is 12.1 Å². The smallest absolute Gasteiger partial charge is 0.237 e. The molecule has 4 rings (SSSR count). The molecule has 0 spiro atoms. The highest BCUT2D eigenvalue weighted by molar-refractivity contribution is 5.70. The number of benzene rings is 2. The summed E-state index contributed by atoms with van der Waals surface area (Å²) in [6.45, 7) is 1.80. The van der Waals surface area contributed by atoms with Gasteiger partial charge in [0, 0.05) is 17.7 Å². The monoisotopic (exact) mass is 320 g/mol. The molecular formula is C18H13FN4O. The SMILES string of the molecule is Cc1nnc2ccc(Oc3cc(F)ccc3-c3ccccc3)nn12. The number of hydrogen-bond acceptors (Lipinski definition) is 4. The van der Waals surface area contributed by atoms with Gasteiger partial charge in [-0.3, -0.25) is 0 Å². The predicted molar refractivity (Wildman–Crippen MR) is 87.4 cm³/mol. The Bertz CT molecular complexity index is 1010. The maximum atomic E-state index is 13.7. The molecule has 0 amide bonds. The van der Waals surface area contributed by atoms with E-state index in [4.69, 9.17) is 4.74 Å². The molecule has 24 heavy (non-hydrogen) atoms. The summed E-state index contributed by atoms with van der Waals surface area (Å²) in [6.07, 6.45) is 0. The molecular weight excluding hydrogens is 307 g/mol. The summed E-state index contributed by atoms with van der Waals surface area (Å²) in [7, 11) is 0. The van der Waals surface area contributed by atoms with Gasteiger partial charge in [0.25, 0.3) is 0 Å². The maximum Gasteiger partial charge on any atom is 0.237 e. The van der Waals surface area contributed by atoms with Crippen LogP contribution in [0.4, 0.5) is 4.39 Å². The second kappa shape index (κ2) is 5.73. The summed E-state index contributed by atoms with van der Waals surface area (Å²) in [4.78, 5) is 0. The third kappa shape index (κ3) is 2.58. The normalized spacial score (nSPS) is 10.9. The molecule has 0 atom stereocenters. The van der Waals surface area contributed by atoms with E-state index in [2.05, 4.69) is 15.3 Å². The van der Waals surface area contributed by atoms with Crippen LogP contribution < -0.4 is 4.74 Å². The highest BCUT2D eigenvalue weighted by Gasteiger charge is 2.11. The fourth-order valence-corrected chi connectivity index (χ4v) is 2.48. The van der Waals surface area contributed by atoms with Gasteiger partial charge >= 0.3 is 0 Å². The Balaban J connectivity index is 1.78. The zero-order chi connectivity index (χ0) is 16.5. The van der Waals surface area contributed by atoms with Crippen molar-refractivity contribution in [3.63, 3.8) is 0 Å². The van der Waals surface area contributed by atoms with Gasteiger partial charge in [-0.25, -0.2) is 4.39 Å². The molecule has 0 fully saturated rings. The summed E-state index contributed by atoms with van der Waals surface area (Å²) in [5, 5.41) is 12.3. The van der Waals surface area contributed by atoms with E-state index in [-0.39, 0.29) is 5.82 Å². The predicted octanol–water partition coefficient (Wildman–Crippen LogP) is 4.03. The molecule has 0 N–H and O–H groups in total. The van der Waals surface area contributed by atoms with Crippen LogP contribution in [0.15, 0.2) is 60.7 Å². The zero-order valence-electron chi connectivity index (χ0n) is 12.8. The molecule has 2 heterocycles. The molecule has 4 aromatic rings. The fourth-order valence-electron chi connectivity index (χ4n) is 2.48. The second-order valence-corrected chi connectivity index (χ2v) is 5.30. The third-order valence-corrected chi connectivity index (χ3v) is 3.64. The van der Waals surface area contributed by atoms with Crippen molar-refractivity contribution in [2.75, 3.05) is 0 Å². The summed E-state index contributed by atoms with van der Waals surface area (Å²) in [5.41, 5.74) is 2.36. The van der Waals surface area contributed by atoms with Gasteiger partial charge in [-0.05, 0) is 30.7 Å². The first-order chi connectivity index (χ1) is 11.7. The van der Waals surface area contributed by atoms with Gasteiger partial charge < -0.3 is 4.74 Å². The van der Waals surface area contributed by atoms with Gasteiger partial charge in [0.15, 0.2) is 11.5 Å². The number of nitrogens with zero attached hydrogens (tertiary/aromatic N) is 4. The van der Waals surface area contributed by atoms with E-state index in [9.17, 15) is 4.39 Å². The maximum absolute atomic E-state index is 13.7. The lowest BCUT2D eigenvalue weighted by molar-refractivity contribution is 0.449. The van der Waals surface area contributed by atoms with Crippen molar-refractivity contribution in [2.24, 2.45) is 0 Å². The Morgan fingerprint density at radius 1 is 0.958 bits per heavy atom. The molecule has 0 unspecified atom stereocenters. The molecule has 0 aliphatic carbocycles. The number of rotatable bonds is 3. The van der Waals surface area contributed by atoms with E-state index >= 15 is 0 Å². The average molecular weight is 320 g/mol. The van der Waals surface area contributed by atoms with E-state index in [0.717, 1.165) is 11.1 Å². The number of aromatic nitrogens is 4. The number of hydrogen-bond donors (Lipinski definition) is 0. The molecule has 0 aliphatic heterocycles. The Morgan fingerprint density at radius 2 is 1.79 bits per heavy atom. The molecule has 118 valence electrons. The fraction of sp³-hybridized carbons (Fsp3) is 0.0556. The van der Waals surface area contributed by atoms with Crippen LogP contribution in [0.1, 0.15) is 5.82 Å². The van der Waals surface area contributed by atoms with Crippen LogP contribution >= 0.6 is 0 Å². The summed E-state index contributed by atoms with van der Waals surface area (Å²) in [6, 6.07) is 17.6. The van der Waals surface area contributed by atoms with E-state index in [1.807, 2.05) is 30.3 Å². The molecule has 6 heteroatoms. The summed E-state index contributed by atoms with van der Waals surface area (Å²) in [5.74, 6) is 1.02. The number of halogens is 1. The summed E-state index contributed by atoms with van der Waals surface area (Å²) >= 11 is 0. The van der Waals surface area contributed by atoms with Crippen LogP contribution in [0.25, 0.3) is 16.8 Å². The van der Waals surface area contributed by atoms with Crippen molar-refractivity contribution in [1.29, 1.82) is 0 Å². The van der Waals surface area contributed by atoms with Gasteiger partial charge in [0.2, 0.25) is 5.88 Å². The first-order valence-electron chi connectivity index (χ1n) is 7.42. The van der Waals surface area contributed by atoms with Crippen molar-refractivity contribution >= 4 is 5.65 Å². The van der Waals surface area contributed by atoms with Gasteiger partial charge in [-0.15, -0.1) is 15.3 Å². The highest BCUT2D eigenvalue weighted by Crippen LogP contribution is 2.33. The zero-order valence-corrected chi connectivity index (χ0v) is 12.8. The van der Waals surface area contributed by atoms with Crippen molar-refractivity contribution in [2.45, 2.75) is 6.92 Å². The van der Waals surface area contributed by atoms with Gasteiger partial charge in [0.1, 0.15) is 11.6 Å². The van der Waals surface area contributed by atoms with Gasteiger partial charge in [-0.1, -0.05) is 30.3 Å². The molecule has 0 radical (unpaired) electrons. The number of aryl methyl sites for hydroxylation is 1. The molecule has 0 saturated heterocycles. The lowest BCUT2D eigenvalue weighted by Crippen LogP contribution is -1.98. The van der Waals surface area contributed by atoms with Crippen LogP contribution in [-0.4, -0.2) is 19.8 Å². The standard InChI is InChI=1S/C18H13FN4O/c1-12-20-21-17-9-10-18(22-23(12)17)24-16-11-14(19)7-8-15(16)13-5-3-2-4-6-13/h2-11H,1H3. The minimum absolute atomic E-state index is 0.341. The van der Waals surface area contributed by atoms with Crippen LogP contribution in [-0.2, 0) is 0 Å². The van der Waals surface area contributed by atoms with Crippen LogP contribution in [0.5, 0.6) is 11.6 Å². The molecule has 5 nitrogen and oxygen atoms in total. The molecule has 2 aromatic heterocycles. The van der Waals surface area contributed by atoms with Gasteiger partial charge in [0.05, 0.1) is 0 Å². The minimum atomic E-state index is -0.369. The molecule has 0 saturated carbocycles. The van der Waals surface area contributed by atoms with E-state index in [0.29, 0.717) is 23.1 Å². The minimum Gasteiger partial charge on any atom is -0.437 e. The van der Waals surface area contributed by atoms with E-state index in [1.54, 1.807) is 29.6 Å². The van der Waals surface area contributed by atoms with Crippen molar-refractivity contribution in [3.8, 4) is 22.8 Å².